The molecule has 1 aliphatic heterocycles. The van der Waals surface area contributed by atoms with E-state index in [1.54, 1.807) is 4.90 Å². The van der Waals surface area contributed by atoms with Crippen LogP contribution in [0.5, 0.6) is 0 Å². The zero-order valence-corrected chi connectivity index (χ0v) is 11.0. The van der Waals surface area contributed by atoms with Gasteiger partial charge in [-0.1, -0.05) is 6.42 Å². The van der Waals surface area contributed by atoms with Crippen LogP contribution in [0.2, 0.25) is 0 Å². The molecule has 1 saturated heterocycles. The number of carbonyl (C=O) groups is 2. The molecule has 0 spiro atoms. The van der Waals surface area contributed by atoms with Gasteiger partial charge < -0.3 is 15.0 Å². The molecular weight excluding hydrogens is 232 g/mol. The molecule has 1 heterocycles. The van der Waals surface area contributed by atoms with Crippen LogP contribution in [-0.2, 0) is 9.53 Å². The molecule has 2 aliphatic rings. The van der Waals surface area contributed by atoms with E-state index < -0.39 is 0 Å². The highest BCUT2D eigenvalue weighted by molar-refractivity contribution is 5.79. The summed E-state index contributed by atoms with van der Waals surface area (Å²) in [6.45, 7) is 2.22. The minimum absolute atomic E-state index is 0.219. The van der Waals surface area contributed by atoms with E-state index in [-0.39, 0.29) is 17.9 Å². The van der Waals surface area contributed by atoms with Gasteiger partial charge in [-0.2, -0.15) is 0 Å². The molecule has 0 unspecified atom stereocenters. The standard InChI is InChI=1S/C13H22N2O3/c1-18-13(17)15-7-5-10(6-8-15)9-14-12(16)11-3-2-4-11/h10-11H,2-9H2,1H3,(H,14,16). The Balaban J connectivity index is 1.64. The van der Waals surface area contributed by atoms with Crippen LogP contribution in [0.25, 0.3) is 0 Å². The molecule has 0 aromatic rings. The minimum atomic E-state index is -0.244. The fourth-order valence-corrected chi connectivity index (χ4v) is 2.51. The monoisotopic (exact) mass is 254 g/mol. The Hall–Kier alpha value is -1.26. The summed E-state index contributed by atoms with van der Waals surface area (Å²) < 4.78 is 4.69. The first-order valence-corrected chi connectivity index (χ1v) is 6.81. The van der Waals surface area contributed by atoms with Crippen molar-refractivity contribution in [1.82, 2.24) is 10.2 Å². The number of carbonyl (C=O) groups excluding carboxylic acids is 2. The highest BCUT2D eigenvalue weighted by atomic mass is 16.5. The molecule has 102 valence electrons. The molecule has 0 radical (unpaired) electrons. The van der Waals surface area contributed by atoms with Gasteiger partial charge in [-0.15, -0.1) is 0 Å². The van der Waals surface area contributed by atoms with E-state index in [9.17, 15) is 9.59 Å². The van der Waals surface area contributed by atoms with Gasteiger partial charge in [0.25, 0.3) is 0 Å². The Morgan fingerprint density at radius 2 is 1.89 bits per heavy atom. The van der Waals surface area contributed by atoms with E-state index in [0.29, 0.717) is 5.92 Å². The van der Waals surface area contributed by atoms with Gasteiger partial charge >= 0.3 is 6.09 Å². The van der Waals surface area contributed by atoms with E-state index in [4.69, 9.17) is 4.74 Å². The fraction of sp³-hybridized carbons (Fsp3) is 0.846. The second-order valence-electron chi connectivity index (χ2n) is 5.27. The molecule has 2 fully saturated rings. The second-order valence-corrected chi connectivity index (χ2v) is 5.27. The number of ether oxygens (including phenoxy) is 1. The minimum Gasteiger partial charge on any atom is -0.453 e. The Morgan fingerprint density at radius 1 is 1.22 bits per heavy atom. The van der Waals surface area contributed by atoms with Crippen molar-refractivity contribution >= 4 is 12.0 Å². The third-order valence-corrected chi connectivity index (χ3v) is 4.09. The number of hydrogen-bond acceptors (Lipinski definition) is 3. The number of rotatable bonds is 3. The first-order chi connectivity index (χ1) is 8.70. The number of piperidine rings is 1. The molecule has 2 amide bonds. The number of nitrogens with one attached hydrogen (secondary N) is 1. The van der Waals surface area contributed by atoms with Crippen LogP contribution in [0.15, 0.2) is 0 Å². The van der Waals surface area contributed by atoms with Crippen molar-refractivity contribution < 1.29 is 14.3 Å². The SMILES string of the molecule is COC(=O)N1CCC(CNC(=O)C2CCC2)CC1. The molecule has 0 aromatic heterocycles. The predicted molar refractivity (Wildman–Crippen MR) is 67.1 cm³/mol. The van der Waals surface area contributed by atoms with Crippen LogP contribution in [0.4, 0.5) is 4.79 Å². The lowest BCUT2D eigenvalue weighted by molar-refractivity contribution is -0.127. The number of methoxy groups -OCH3 is 1. The summed E-state index contributed by atoms with van der Waals surface area (Å²) >= 11 is 0. The van der Waals surface area contributed by atoms with Gasteiger partial charge in [-0.3, -0.25) is 4.79 Å². The normalized spacial score (nSPS) is 21.3. The maximum Gasteiger partial charge on any atom is 0.409 e. The Morgan fingerprint density at radius 3 is 2.39 bits per heavy atom. The average molecular weight is 254 g/mol. The molecule has 1 N–H and O–H groups in total. The third-order valence-electron chi connectivity index (χ3n) is 4.09. The largest absolute Gasteiger partial charge is 0.453 e. The van der Waals surface area contributed by atoms with Gasteiger partial charge in [0.1, 0.15) is 0 Å². The molecule has 18 heavy (non-hydrogen) atoms. The summed E-state index contributed by atoms with van der Waals surface area (Å²) in [6.07, 6.45) is 4.93. The van der Waals surface area contributed by atoms with Crippen molar-refractivity contribution in [2.45, 2.75) is 32.1 Å². The van der Waals surface area contributed by atoms with E-state index in [2.05, 4.69) is 5.32 Å². The fourth-order valence-electron chi connectivity index (χ4n) is 2.51. The molecule has 2 rings (SSSR count). The van der Waals surface area contributed by atoms with E-state index in [1.165, 1.54) is 13.5 Å². The van der Waals surface area contributed by atoms with Crippen LogP contribution in [0.1, 0.15) is 32.1 Å². The molecule has 0 bridgehead atoms. The first kappa shape index (κ1) is 13.2. The molecule has 0 aromatic carbocycles. The van der Waals surface area contributed by atoms with Crippen LogP contribution in [0.3, 0.4) is 0 Å². The molecule has 5 nitrogen and oxygen atoms in total. The average Bonchev–Trinajstić information content (AvgIpc) is 2.34. The maximum atomic E-state index is 11.7. The molecule has 1 saturated carbocycles. The number of hydrogen-bond donors (Lipinski definition) is 1. The van der Waals surface area contributed by atoms with Crippen molar-refractivity contribution in [2.24, 2.45) is 11.8 Å². The Labute approximate surface area is 108 Å². The highest BCUT2D eigenvalue weighted by Gasteiger charge is 2.27. The van der Waals surface area contributed by atoms with Gasteiger partial charge in [0.15, 0.2) is 0 Å². The summed E-state index contributed by atoms with van der Waals surface area (Å²) in [5, 5.41) is 3.04. The lowest BCUT2D eigenvalue weighted by Gasteiger charge is -2.31. The van der Waals surface area contributed by atoms with E-state index in [0.717, 1.165) is 45.3 Å². The zero-order chi connectivity index (χ0) is 13.0. The lowest BCUT2D eigenvalue weighted by Crippen LogP contribution is -2.43. The molecule has 5 heteroatoms. The zero-order valence-electron chi connectivity index (χ0n) is 11.0. The highest BCUT2D eigenvalue weighted by Crippen LogP contribution is 2.26. The summed E-state index contributed by atoms with van der Waals surface area (Å²) in [4.78, 5) is 24.7. The van der Waals surface area contributed by atoms with Crippen molar-refractivity contribution in [2.75, 3.05) is 26.7 Å². The van der Waals surface area contributed by atoms with Crippen LogP contribution in [0, 0.1) is 11.8 Å². The van der Waals surface area contributed by atoms with Gasteiger partial charge in [-0.05, 0) is 31.6 Å². The summed E-state index contributed by atoms with van der Waals surface area (Å²) in [6, 6.07) is 0. The molecule has 0 atom stereocenters. The summed E-state index contributed by atoms with van der Waals surface area (Å²) in [5.41, 5.74) is 0. The maximum absolute atomic E-state index is 11.7. The molecule has 1 aliphatic carbocycles. The molecular formula is C13H22N2O3. The lowest BCUT2D eigenvalue weighted by atomic mass is 9.84. The first-order valence-electron chi connectivity index (χ1n) is 6.81. The number of amides is 2. The smallest absolute Gasteiger partial charge is 0.409 e. The van der Waals surface area contributed by atoms with Crippen molar-refractivity contribution in [3.8, 4) is 0 Å². The van der Waals surface area contributed by atoms with Gasteiger partial charge in [0, 0.05) is 25.6 Å². The number of nitrogens with zero attached hydrogens (tertiary/aromatic N) is 1. The summed E-state index contributed by atoms with van der Waals surface area (Å²) in [5.74, 6) is 0.978. The third kappa shape index (κ3) is 3.15. The van der Waals surface area contributed by atoms with Crippen molar-refractivity contribution in [3.63, 3.8) is 0 Å². The quantitative estimate of drug-likeness (QED) is 0.827. The van der Waals surface area contributed by atoms with Crippen molar-refractivity contribution in [1.29, 1.82) is 0 Å². The van der Waals surface area contributed by atoms with Gasteiger partial charge in [0.2, 0.25) is 5.91 Å². The van der Waals surface area contributed by atoms with Crippen molar-refractivity contribution in [3.05, 3.63) is 0 Å². The second kappa shape index (κ2) is 6.07. The predicted octanol–water partition coefficient (Wildman–Crippen LogP) is 1.38. The Bertz CT molecular complexity index is 307. The van der Waals surface area contributed by atoms with E-state index in [1.807, 2.05) is 0 Å². The Kier molecular flexibility index (Phi) is 4.44. The van der Waals surface area contributed by atoms with Crippen LogP contribution in [-0.4, -0.2) is 43.6 Å². The van der Waals surface area contributed by atoms with Gasteiger partial charge in [-0.25, -0.2) is 4.79 Å². The van der Waals surface area contributed by atoms with E-state index >= 15 is 0 Å². The van der Waals surface area contributed by atoms with Gasteiger partial charge in [0.05, 0.1) is 7.11 Å². The topological polar surface area (TPSA) is 58.6 Å². The van der Waals surface area contributed by atoms with Crippen LogP contribution < -0.4 is 5.32 Å². The number of likely N-dealkylation sites (tertiary alicyclic amines) is 1. The summed E-state index contributed by atoms with van der Waals surface area (Å²) in [7, 11) is 1.41. The van der Waals surface area contributed by atoms with Crippen LogP contribution >= 0.6 is 0 Å².